The number of fused-ring (bicyclic) bond motifs is 1. The summed E-state index contributed by atoms with van der Waals surface area (Å²) in [5.74, 6) is 0.328. The van der Waals surface area contributed by atoms with E-state index < -0.39 is 11.9 Å². The van der Waals surface area contributed by atoms with Gasteiger partial charge in [0.2, 0.25) is 11.8 Å². The normalized spacial score (nSPS) is 14.5. The van der Waals surface area contributed by atoms with Crippen molar-refractivity contribution < 1.29 is 13.9 Å². The summed E-state index contributed by atoms with van der Waals surface area (Å²) in [5, 5.41) is 9.23. The molecule has 39 heavy (non-hydrogen) atoms. The average molecular weight is 546 g/mol. The molecule has 3 heterocycles. The van der Waals surface area contributed by atoms with Gasteiger partial charge >= 0.3 is 0 Å². The van der Waals surface area contributed by atoms with Crippen LogP contribution in [0.2, 0.25) is 5.02 Å². The van der Waals surface area contributed by atoms with E-state index in [9.17, 15) is 14.4 Å². The number of halogens is 2. The van der Waals surface area contributed by atoms with Crippen LogP contribution in [0.3, 0.4) is 0 Å². The number of aromatic nitrogens is 4. The van der Waals surface area contributed by atoms with Gasteiger partial charge in [-0.1, -0.05) is 23.7 Å². The van der Waals surface area contributed by atoms with Crippen LogP contribution in [0.25, 0.3) is 11.4 Å². The molecule has 2 aromatic heterocycles. The van der Waals surface area contributed by atoms with Crippen LogP contribution in [0.1, 0.15) is 53.2 Å². The van der Waals surface area contributed by atoms with Gasteiger partial charge in [-0.2, -0.15) is 10.2 Å². The Labute approximate surface area is 230 Å². The van der Waals surface area contributed by atoms with E-state index in [0.29, 0.717) is 40.2 Å². The minimum absolute atomic E-state index is 0.0984. The molecule has 0 fully saturated rings. The third-order valence-corrected chi connectivity index (χ3v) is 6.80. The number of rotatable bonds is 6. The topological polar surface area (TPSA) is 100 Å². The number of benzene rings is 2. The van der Waals surface area contributed by atoms with Gasteiger partial charge in [-0.25, -0.2) is 14.4 Å². The number of methoxy groups -OCH3 is 1. The van der Waals surface area contributed by atoms with Crippen molar-refractivity contribution >= 4 is 29.1 Å². The van der Waals surface area contributed by atoms with Gasteiger partial charge in [0.1, 0.15) is 17.7 Å². The molecule has 1 atom stereocenters. The maximum Gasteiger partial charge on any atom is 0.279 e. The highest BCUT2D eigenvalue weighted by atomic mass is 35.5. The van der Waals surface area contributed by atoms with Crippen LogP contribution in [-0.2, 0) is 0 Å². The second-order valence-corrected chi connectivity index (χ2v) is 9.94. The first-order valence-corrected chi connectivity index (χ1v) is 12.5. The maximum atomic E-state index is 14.0. The predicted octanol–water partition coefficient (Wildman–Crippen LogP) is 5.41. The van der Waals surface area contributed by atoms with Gasteiger partial charge in [-0.05, 0) is 49.7 Å². The minimum Gasteiger partial charge on any atom is -0.480 e. The molecule has 0 radical (unpaired) electrons. The number of nitriles is 1. The molecule has 11 heteroatoms. The highest BCUT2D eigenvalue weighted by Crippen LogP contribution is 2.45. The highest BCUT2D eigenvalue weighted by Gasteiger charge is 2.45. The van der Waals surface area contributed by atoms with Crippen molar-refractivity contribution in [3.05, 3.63) is 82.0 Å². The molecule has 2 aromatic carbocycles. The average Bonchev–Trinajstić information content (AvgIpc) is 3.45. The summed E-state index contributed by atoms with van der Waals surface area (Å²) in [6.07, 6.45) is 1.64. The molecular formula is C28H25ClFN7O2. The second-order valence-electron chi connectivity index (χ2n) is 9.53. The molecule has 0 saturated heterocycles. The fraction of sp³-hybridized carbons (Fsp3) is 0.250. The molecule has 0 aliphatic carbocycles. The van der Waals surface area contributed by atoms with E-state index in [0.717, 1.165) is 5.56 Å². The van der Waals surface area contributed by atoms with Crippen molar-refractivity contribution in [3.8, 4) is 23.3 Å². The summed E-state index contributed by atoms with van der Waals surface area (Å²) >= 11 is 6.11. The van der Waals surface area contributed by atoms with Crippen molar-refractivity contribution in [2.45, 2.75) is 25.9 Å². The zero-order chi connectivity index (χ0) is 28.0. The number of carbonyl (C=O) groups excluding carboxylic acids is 1. The van der Waals surface area contributed by atoms with Gasteiger partial charge in [0.15, 0.2) is 5.69 Å². The van der Waals surface area contributed by atoms with E-state index in [1.807, 2.05) is 32.5 Å². The lowest BCUT2D eigenvalue weighted by molar-refractivity contribution is 0.0989. The lowest BCUT2D eigenvalue weighted by Gasteiger charge is -2.28. The van der Waals surface area contributed by atoms with Gasteiger partial charge in [0.05, 0.1) is 35.0 Å². The summed E-state index contributed by atoms with van der Waals surface area (Å²) in [7, 11) is 5.18. The molecule has 5 rings (SSSR count). The fourth-order valence-electron chi connectivity index (χ4n) is 4.76. The quantitative estimate of drug-likeness (QED) is 0.319. The fourth-order valence-corrected chi connectivity index (χ4v) is 4.93. The summed E-state index contributed by atoms with van der Waals surface area (Å²) < 4.78 is 21.6. The lowest BCUT2D eigenvalue weighted by atomic mass is 10.0. The van der Waals surface area contributed by atoms with Gasteiger partial charge in [0.25, 0.3) is 5.91 Å². The number of amides is 1. The molecule has 198 valence electrons. The van der Waals surface area contributed by atoms with Crippen LogP contribution in [0, 0.1) is 17.1 Å². The third kappa shape index (κ3) is 4.34. The predicted molar refractivity (Wildman–Crippen MR) is 146 cm³/mol. The Morgan fingerprint density at radius 1 is 1.15 bits per heavy atom. The number of nitrogens with zero attached hydrogens (tertiary/aromatic N) is 7. The summed E-state index contributed by atoms with van der Waals surface area (Å²) in [4.78, 5) is 31.1. The van der Waals surface area contributed by atoms with E-state index in [4.69, 9.17) is 21.3 Å². The SMILES string of the molecule is COc1nc(N(C)C)ncc1-c1nc2c(n1C(C)C)C(c1ccc(C#N)cc1)N(c1ccc(F)c(Cl)c1)C2=O. The molecule has 0 spiro atoms. The van der Waals surface area contributed by atoms with E-state index in [-0.39, 0.29) is 22.7 Å². The monoisotopic (exact) mass is 545 g/mol. The standard InChI is InChI=1S/C28H25ClFN7O2/c1-15(2)36-24-22(33-25(36)19-14-32-28(35(3)4)34-26(19)39-5)27(38)37(18-10-11-21(30)20(29)12-18)23(24)17-8-6-16(13-31)7-9-17/h6-12,14-15,23H,1-5H3. The van der Waals surface area contributed by atoms with Crippen molar-refractivity contribution in [2.24, 2.45) is 0 Å². The van der Waals surface area contributed by atoms with Crippen molar-refractivity contribution in [1.82, 2.24) is 19.5 Å². The van der Waals surface area contributed by atoms with E-state index in [1.165, 1.54) is 25.3 Å². The smallest absolute Gasteiger partial charge is 0.279 e. The Balaban J connectivity index is 1.76. The summed E-state index contributed by atoms with van der Waals surface area (Å²) in [6, 6.07) is 12.5. The third-order valence-electron chi connectivity index (χ3n) is 6.52. The van der Waals surface area contributed by atoms with E-state index in [1.54, 1.807) is 40.3 Å². The molecule has 0 saturated carbocycles. The van der Waals surface area contributed by atoms with Crippen molar-refractivity contribution in [1.29, 1.82) is 5.26 Å². The Bertz CT molecular complexity index is 1630. The first kappa shape index (κ1) is 26.1. The second kappa shape index (κ2) is 10.0. The Morgan fingerprint density at radius 2 is 1.87 bits per heavy atom. The van der Waals surface area contributed by atoms with Crippen LogP contribution in [0.15, 0.2) is 48.7 Å². The summed E-state index contributed by atoms with van der Waals surface area (Å²) in [5.41, 5.74) is 3.09. The molecule has 9 nitrogen and oxygen atoms in total. The van der Waals surface area contributed by atoms with Crippen LogP contribution in [0.4, 0.5) is 16.0 Å². The summed E-state index contributed by atoms with van der Waals surface area (Å²) in [6.45, 7) is 3.98. The number of hydrogen-bond donors (Lipinski definition) is 0. The molecule has 1 amide bonds. The number of ether oxygens (including phenoxy) is 1. The van der Waals surface area contributed by atoms with Crippen LogP contribution in [0.5, 0.6) is 5.88 Å². The molecule has 1 unspecified atom stereocenters. The first-order valence-electron chi connectivity index (χ1n) is 12.2. The van der Waals surface area contributed by atoms with Crippen molar-refractivity contribution in [2.75, 3.05) is 31.0 Å². The van der Waals surface area contributed by atoms with Gasteiger partial charge < -0.3 is 14.2 Å². The molecular weight excluding hydrogens is 521 g/mol. The largest absolute Gasteiger partial charge is 0.480 e. The van der Waals surface area contributed by atoms with Crippen molar-refractivity contribution in [3.63, 3.8) is 0 Å². The Kier molecular flexibility index (Phi) is 6.70. The van der Waals surface area contributed by atoms with Crippen LogP contribution >= 0.6 is 11.6 Å². The number of hydrogen-bond acceptors (Lipinski definition) is 7. The highest BCUT2D eigenvalue weighted by molar-refractivity contribution is 6.31. The number of anilines is 2. The Morgan fingerprint density at radius 3 is 2.46 bits per heavy atom. The van der Waals surface area contributed by atoms with Gasteiger partial charge in [-0.15, -0.1) is 0 Å². The number of imidazole rings is 1. The first-order chi connectivity index (χ1) is 18.7. The number of carbonyl (C=O) groups is 1. The zero-order valence-electron chi connectivity index (χ0n) is 22.0. The molecule has 0 bridgehead atoms. The van der Waals surface area contributed by atoms with E-state index in [2.05, 4.69) is 16.0 Å². The van der Waals surface area contributed by atoms with Gasteiger partial charge in [-0.3, -0.25) is 9.69 Å². The molecule has 1 aliphatic heterocycles. The molecule has 0 N–H and O–H groups in total. The zero-order valence-corrected chi connectivity index (χ0v) is 22.7. The Hall–Kier alpha value is -4.49. The van der Waals surface area contributed by atoms with E-state index >= 15 is 0 Å². The maximum absolute atomic E-state index is 14.0. The minimum atomic E-state index is -0.626. The van der Waals surface area contributed by atoms with Gasteiger partial charge in [0, 0.05) is 32.0 Å². The molecule has 4 aromatic rings. The molecule has 1 aliphatic rings. The van der Waals surface area contributed by atoms with Crippen LogP contribution < -0.4 is 14.5 Å². The lowest BCUT2D eigenvalue weighted by Crippen LogP contribution is -2.30. The van der Waals surface area contributed by atoms with Crippen LogP contribution in [-0.4, -0.2) is 46.6 Å².